The fourth-order valence-corrected chi connectivity index (χ4v) is 2.61. The van der Waals surface area contributed by atoms with Gasteiger partial charge in [-0.3, -0.25) is 4.90 Å². The van der Waals surface area contributed by atoms with Gasteiger partial charge in [0, 0.05) is 18.6 Å². The SMILES string of the molecule is CC1CCC(C)N1CC(O)COc1ccccc1. The van der Waals surface area contributed by atoms with Gasteiger partial charge in [0.15, 0.2) is 0 Å². The molecule has 0 saturated carbocycles. The maximum atomic E-state index is 10.0. The Labute approximate surface area is 109 Å². The lowest BCUT2D eigenvalue weighted by Crippen LogP contribution is -2.41. The van der Waals surface area contributed by atoms with Crippen LogP contribution in [0.2, 0.25) is 0 Å². The first kappa shape index (κ1) is 13.4. The van der Waals surface area contributed by atoms with Crippen molar-refractivity contribution in [3.63, 3.8) is 0 Å². The van der Waals surface area contributed by atoms with Crippen molar-refractivity contribution < 1.29 is 9.84 Å². The highest BCUT2D eigenvalue weighted by molar-refractivity contribution is 5.20. The highest BCUT2D eigenvalue weighted by atomic mass is 16.5. The lowest BCUT2D eigenvalue weighted by molar-refractivity contribution is 0.0546. The minimum Gasteiger partial charge on any atom is -0.491 e. The molecular weight excluding hydrogens is 226 g/mol. The molecule has 1 aromatic rings. The van der Waals surface area contributed by atoms with E-state index in [1.807, 2.05) is 30.3 Å². The molecular formula is C15H23NO2. The van der Waals surface area contributed by atoms with Crippen LogP contribution in [0.5, 0.6) is 5.75 Å². The lowest BCUT2D eigenvalue weighted by atomic mass is 10.2. The van der Waals surface area contributed by atoms with E-state index in [1.165, 1.54) is 12.8 Å². The summed E-state index contributed by atoms with van der Waals surface area (Å²) in [5, 5.41) is 10.0. The van der Waals surface area contributed by atoms with Crippen molar-refractivity contribution >= 4 is 0 Å². The summed E-state index contributed by atoms with van der Waals surface area (Å²) in [6.45, 7) is 5.53. The molecule has 1 aliphatic heterocycles. The van der Waals surface area contributed by atoms with E-state index in [2.05, 4.69) is 18.7 Å². The molecule has 1 saturated heterocycles. The molecule has 0 radical (unpaired) electrons. The van der Waals surface area contributed by atoms with Crippen molar-refractivity contribution in [2.75, 3.05) is 13.2 Å². The molecule has 0 aliphatic carbocycles. The van der Waals surface area contributed by atoms with Crippen LogP contribution in [0, 0.1) is 0 Å². The summed E-state index contributed by atoms with van der Waals surface area (Å²) >= 11 is 0. The second-order valence-electron chi connectivity index (χ2n) is 5.25. The van der Waals surface area contributed by atoms with Gasteiger partial charge in [-0.1, -0.05) is 18.2 Å². The molecule has 1 aromatic carbocycles. The Bertz CT molecular complexity index is 345. The molecule has 1 heterocycles. The largest absolute Gasteiger partial charge is 0.491 e. The van der Waals surface area contributed by atoms with Gasteiger partial charge in [0.1, 0.15) is 18.5 Å². The van der Waals surface area contributed by atoms with Gasteiger partial charge < -0.3 is 9.84 Å². The number of hydrogen-bond acceptors (Lipinski definition) is 3. The first-order valence-corrected chi connectivity index (χ1v) is 6.78. The third kappa shape index (κ3) is 3.47. The molecule has 1 aliphatic rings. The quantitative estimate of drug-likeness (QED) is 0.869. The first-order valence-electron chi connectivity index (χ1n) is 6.78. The van der Waals surface area contributed by atoms with Crippen molar-refractivity contribution in [1.82, 2.24) is 4.90 Å². The molecule has 1 N–H and O–H groups in total. The summed E-state index contributed by atoms with van der Waals surface area (Å²) in [5.41, 5.74) is 0. The summed E-state index contributed by atoms with van der Waals surface area (Å²) in [7, 11) is 0. The number of aliphatic hydroxyl groups is 1. The molecule has 3 unspecified atom stereocenters. The maximum absolute atomic E-state index is 10.0. The Kier molecular flexibility index (Phi) is 4.61. The summed E-state index contributed by atoms with van der Waals surface area (Å²) in [4.78, 5) is 2.37. The number of benzene rings is 1. The maximum Gasteiger partial charge on any atom is 0.119 e. The van der Waals surface area contributed by atoms with Crippen molar-refractivity contribution in [2.45, 2.75) is 44.9 Å². The molecule has 1 fully saturated rings. The zero-order chi connectivity index (χ0) is 13.0. The summed E-state index contributed by atoms with van der Waals surface area (Å²) < 4.78 is 5.57. The number of para-hydroxylation sites is 1. The fourth-order valence-electron chi connectivity index (χ4n) is 2.61. The Balaban J connectivity index is 1.77. The van der Waals surface area contributed by atoms with Crippen molar-refractivity contribution in [1.29, 1.82) is 0 Å². The Morgan fingerprint density at radius 1 is 1.22 bits per heavy atom. The molecule has 0 aromatic heterocycles. The standard InChI is InChI=1S/C15H23NO2/c1-12-8-9-13(2)16(12)10-14(17)11-18-15-6-4-3-5-7-15/h3-7,12-14,17H,8-11H2,1-2H3. The average molecular weight is 249 g/mol. The van der Waals surface area contributed by atoms with E-state index >= 15 is 0 Å². The number of nitrogens with zero attached hydrogens (tertiary/aromatic N) is 1. The topological polar surface area (TPSA) is 32.7 Å². The highest BCUT2D eigenvalue weighted by Gasteiger charge is 2.28. The van der Waals surface area contributed by atoms with Crippen LogP contribution in [0.3, 0.4) is 0 Å². The van der Waals surface area contributed by atoms with Gasteiger partial charge in [-0.2, -0.15) is 0 Å². The van der Waals surface area contributed by atoms with E-state index in [4.69, 9.17) is 4.74 Å². The second-order valence-corrected chi connectivity index (χ2v) is 5.25. The Morgan fingerprint density at radius 3 is 2.44 bits per heavy atom. The van der Waals surface area contributed by atoms with E-state index < -0.39 is 6.10 Å². The Morgan fingerprint density at radius 2 is 1.83 bits per heavy atom. The number of hydrogen-bond donors (Lipinski definition) is 1. The number of aliphatic hydroxyl groups excluding tert-OH is 1. The van der Waals surface area contributed by atoms with Gasteiger partial charge in [-0.05, 0) is 38.8 Å². The molecule has 0 spiro atoms. The smallest absolute Gasteiger partial charge is 0.119 e. The molecule has 0 bridgehead atoms. The van der Waals surface area contributed by atoms with Gasteiger partial charge in [-0.25, -0.2) is 0 Å². The number of ether oxygens (including phenoxy) is 1. The molecule has 3 heteroatoms. The van der Waals surface area contributed by atoms with Crippen LogP contribution >= 0.6 is 0 Å². The van der Waals surface area contributed by atoms with Crippen LogP contribution in [0.25, 0.3) is 0 Å². The molecule has 18 heavy (non-hydrogen) atoms. The Hall–Kier alpha value is -1.06. The third-order valence-corrected chi connectivity index (χ3v) is 3.74. The zero-order valence-corrected chi connectivity index (χ0v) is 11.2. The van der Waals surface area contributed by atoms with E-state index in [1.54, 1.807) is 0 Å². The molecule has 3 nitrogen and oxygen atoms in total. The summed E-state index contributed by atoms with van der Waals surface area (Å²) in [5.74, 6) is 0.819. The van der Waals surface area contributed by atoms with Gasteiger partial charge in [0.25, 0.3) is 0 Å². The van der Waals surface area contributed by atoms with E-state index in [0.29, 0.717) is 25.2 Å². The van der Waals surface area contributed by atoms with E-state index in [0.717, 1.165) is 5.75 Å². The monoisotopic (exact) mass is 249 g/mol. The second kappa shape index (κ2) is 6.21. The van der Waals surface area contributed by atoms with Crippen LogP contribution in [-0.2, 0) is 0 Å². The molecule has 2 rings (SSSR count). The number of likely N-dealkylation sites (tertiary alicyclic amines) is 1. The van der Waals surface area contributed by atoms with Gasteiger partial charge in [0.05, 0.1) is 0 Å². The molecule has 100 valence electrons. The predicted molar refractivity (Wildman–Crippen MR) is 72.8 cm³/mol. The van der Waals surface area contributed by atoms with Crippen LogP contribution in [-0.4, -0.2) is 41.3 Å². The third-order valence-electron chi connectivity index (χ3n) is 3.74. The minimum atomic E-state index is -0.423. The predicted octanol–water partition coefficient (Wildman–Crippen LogP) is 2.30. The van der Waals surface area contributed by atoms with Crippen molar-refractivity contribution in [2.24, 2.45) is 0 Å². The summed E-state index contributed by atoms with van der Waals surface area (Å²) in [6.07, 6.45) is 2.04. The average Bonchev–Trinajstić information content (AvgIpc) is 2.69. The fraction of sp³-hybridized carbons (Fsp3) is 0.600. The lowest BCUT2D eigenvalue weighted by Gasteiger charge is -2.28. The number of β-amino-alcohol motifs (C(OH)–C–C–N with tert-alkyl or cyclic N) is 1. The first-order chi connectivity index (χ1) is 8.66. The van der Waals surface area contributed by atoms with Crippen LogP contribution in [0.4, 0.5) is 0 Å². The van der Waals surface area contributed by atoms with Gasteiger partial charge in [0.2, 0.25) is 0 Å². The summed E-state index contributed by atoms with van der Waals surface area (Å²) in [6, 6.07) is 10.8. The van der Waals surface area contributed by atoms with Crippen molar-refractivity contribution in [3.05, 3.63) is 30.3 Å². The van der Waals surface area contributed by atoms with Gasteiger partial charge in [-0.15, -0.1) is 0 Å². The zero-order valence-electron chi connectivity index (χ0n) is 11.2. The number of rotatable bonds is 5. The molecule has 0 amide bonds. The van der Waals surface area contributed by atoms with Crippen LogP contribution in [0.1, 0.15) is 26.7 Å². The molecule has 3 atom stereocenters. The van der Waals surface area contributed by atoms with Gasteiger partial charge >= 0.3 is 0 Å². The van der Waals surface area contributed by atoms with E-state index in [-0.39, 0.29) is 0 Å². The van der Waals surface area contributed by atoms with Crippen molar-refractivity contribution in [3.8, 4) is 5.75 Å². The van der Waals surface area contributed by atoms with Crippen LogP contribution in [0.15, 0.2) is 30.3 Å². The minimum absolute atomic E-state index is 0.361. The highest BCUT2D eigenvalue weighted by Crippen LogP contribution is 2.23. The van der Waals surface area contributed by atoms with E-state index in [9.17, 15) is 5.11 Å². The normalized spacial score (nSPS) is 26.2. The van der Waals surface area contributed by atoms with Crippen LogP contribution < -0.4 is 4.74 Å².